The van der Waals surface area contributed by atoms with Crippen molar-refractivity contribution in [2.24, 2.45) is 16.7 Å². The molecule has 3 rings (SSSR count). The van der Waals surface area contributed by atoms with Gasteiger partial charge in [-0.25, -0.2) is 0 Å². The van der Waals surface area contributed by atoms with Crippen LogP contribution < -0.4 is 5.32 Å². The van der Waals surface area contributed by atoms with Crippen molar-refractivity contribution in [1.29, 1.82) is 0 Å². The number of carbonyl (C=O) groups is 1. The number of piperidine rings is 2. The fourth-order valence-corrected chi connectivity index (χ4v) is 4.86. The molecule has 1 unspecified atom stereocenters. The number of nitrogens with one attached hydrogen (secondary N) is 1. The van der Waals surface area contributed by atoms with Gasteiger partial charge >= 0.3 is 0 Å². The minimum atomic E-state index is -0.201. The van der Waals surface area contributed by atoms with Gasteiger partial charge in [-0.1, -0.05) is 26.7 Å². The Hall–Kier alpha value is -0.570. The average molecular weight is 292 g/mol. The maximum Gasteiger partial charge on any atom is 0.228 e. The summed E-state index contributed by atoms with van der Waals surface area (Å²) in [4.78, 5) is 15.2. The van der Waals surface area contributed by atoms with Gasteiger partial charge in [-0.05, 0) is 62.9 Å². The van der Waals surface area contributed by atoms with Crippen LogP contribution in [0.15, 0.2) is 0 Å². The lowest BCUT2D eigenvalue weighted by atomic mass is 9.72. The highest BCUT2D eigenvalue weighted by molar-refractivity contribution is 5.82. The van der Waals surface area contributed by atoms with Gasteiger partial charge in [0.25, 0.3) is 0 Å². The van der Waals surface area contributed by atoms with Crippen molar-refractivity contribution in [3.63, 3.8) is 0 Å². The minimum Gasteiger partial charge on any atom is -0.342 e. The molecular weight excluding hydrogens is 260 g/mol. The predicted octanol–water partition coefficient (Wildman–Crippen LogP) is 3.20. The Kier molecular flexibility index (Phi) is 4.31. The van der Waals surface area contributed by atoms with Gasteiger partial charge in [0.05, 0.1) is 0 Å². The summed E-state index contributed by atoms with van der Waals surface area (Å²) in [7, 11) is 0. The van der Waals surface area contributed by atoms with Gasteiger partial charge in [0.15, 0.2) is 0 Å². The molecule has 1 aliphatic carbocycles. The number of amides is 1. The van der Waals surface area contributed by atoms with E-state index in [0.717, 1.165) is 26.2 Å². The Morgan fingerprint density at radius 1 is 1.10 bits per heavy atom. The highest BCUT2D eigenvalue weighted by Crippen LogP contribution is 2.47. The first-order valence-electron chi connectivity index (χ1n) is 9.04. The van der Waals surface area contributed by atoms with Gasteiger partial charge in [0.1, 0.15) is 0 Å². The summed E-state index contributed by atoms with van der Waals surface area (Å²) < 4.78 is 0. The van der Waals surface area contributed by atoms with Gasteiger partial charge in [0.2, 0.25) is 5.91 Å². The molecule has 0 bridgehead atoms. The Morgan fingerprint density at radius 2 is 1.76 bits per heavy atom. The van der Waals surface area contributed by atoms with Crippen LogP contribution in [0.1, 0.15) is 65.2 Å². The van der Waals surface area contributed by atoms with E-state index in [1.54, 1.807) is 0 Å². The highest BCUT2D eigenvalue weighted by Gasteiger charge is 2.43. The first-order valence-corrected chi connectivity index (χ1v) is 9.04. The van der Waals surface area contributed by atoms with Crippen LogP contribution in [0.25, 0.3) is 0 Å². The van der Waals surface area contributed by atoms with Crippen LogP contribution in [0.4, 0.5) is 0 Å². The molecule has 3 aliphatic rings. The van der Waals surface area contributed by atoms with Gasteiger partial charge in [-0.15, -0.1) is 0 Å². The van der Waals surface area contributed by atoms with Crippen molar-refractivity contribution in [1.82, 2.24) is 10.2 Å². The third kappa shape index (κ3) is 2.99. The summed E-state index contributed by atoms with van der Waals surface area (Å²) in [5.74, 6) is 0.908. The van der Waals surface area contributed by atoms with Crippen molar-refractivity contribution >= 4 is 5.91 Å². The molecule has 0 aromatic carbocycles. The zero-order chi connectivity index (χ0) is 14.9. The van der Waals surface area contributed by atoms with Crippen molar-refractivity contribution in [3.05, 3.63) is 0 Å². The molecule has 3 nitrogen and oxygen atoms in total. The lowest BCUT2D eigenvalue weighted by Gasteiger charge is -2.44. The lowest BCUT2D eigenvalue weighted by Crippen LogP contribution is -2.52. The van der Waals surface area contributed by atoms with E-state index in [9.17, 15) is 4.79 Å². The second kappa shape index (κ2) is 5.91. The Morgan fingerprint density at radius 3 is 2.33 bits per heavy atom. The summed E-state index contributed by atoms with van der Waals surface area (Å²) in [6.45, 7) is 8.48. The van der Waals surface area contributed by atoms with E-state index in [4.69, 9.17) is 0 Å². The normalized spacial score (nSPS) is 29.8. The minimum absolute atomic E-state index is 0.201. The number of rotatable bonds is 2. The van der Waals surface area contributed by atoms with E-state index >= 15 is 0 Å². The van der Waals surface area contributed by atoms with Crippen LogP contribution in [0.3, 0.4) is 0 Å². The third-order valence-corrected chi connectivity index (χ3v) is 6.64. The fraction of sp³-hybridized carbons (Fsp3) is 0.944. The van der Waals surface area contributed by atoms with Gasteiger partial charge in [-0.3, -0.25) is 4.79 Å². The van der Waals surface area contributed by atoms with Crippen LogP contribution in [0, 0.1) is 16.7 Å². The van der Waals surface area contributed by atoms with Gasteiger partial charge in [0, 0.05) is 18.5 Å². The van der Waals surface area contributed by atoms with Crippen LogP contribution in [0.2, 0.25) is 0 Å². The lowest BCUT2D eigenvalue weighted by molar-refractivity contribution is -0.146. The van der Waals surface area contributed by atoms with Gasteiger partial charge < -0.3 is 10.2 Å². The number of nitrogens with zero attached hydrogens (tertiary/aromatic N) is 1. The molecule has 2 heterocycles. The van der Waals surface area contributed by atoms with Crippen molar-refractivity contribution in [3.8, 4) is 0 Å². The smallest absolute Gasteiger partial charge is 0.228 e. The van der Waals surface area contributed by atoms with Crippen molar-refractivity contribution in [2.75, 3.05) is 26.2 Å². The number of hydrogen-bond acceptors (Lipinski definition) is 2. The van der Waals surface area contributed by atoms with Crippen LogP contribution in [-0.2, 0) is 4.79 Å². The number of carbonyl (C=O) groups excluding carboxylic acids is 1. The molecule has 1 atom stereocenters. The summed E-state index contributed by atoms with van der Waals surface area (Å²) in [6, 6.07) is 0. The topological polar surface area (TPSA) is 32.3 Å². The summed E-state index contributed by atoms with van der Waals surface area (Å²) >= 11 is 0. The SMILES string of the molecule is CC(C)(C(=O)N1CCC2(CCCC2)CC1)C1CCCNC1. The van der Waals surface area contributed by atoms with E-state index in [-0.39, 0.29) is 5.41 Å². The van der Waals surface area contributed by atoms with Crippen LogP contribution in [-0.4, -0.2) is 37.0 Å². The van der Waals surface area contributed by atoms with E-state index < -0.39 is 0 Å². The van der Waals surface area contributed by atoms with E-state index in [2.05, 4.69) is 24.1 Å². The molecule has 2 aliphatic heterocycles. The second-order valence-corrected chi connectivity index (χ2v) is 8.26. The number of hydrogen-bond donors (Lipinski definition) is 1. The number of likely N-dealkylation sites (tertiary alicyclic amines) is 1. The molecule has 0 aromatic heterocycles. The summed E-state index contributed by atoms with van der Waals surface area (Å²) in [5, 5.41) is 3.47. The van der Waals surface area contributed by atoms with Crippen molar-refractivity contribution in [2.45, 2.75) is 65.2 Å². The monoisotopic (exact) mass is 292 g/mol. The maximum atomic E-state index is 13.0. The molecular formula is C18H32N2O. The molecule has 3 fully saturated rings. The first kappa shape index (κ1) is 15.3. The standard InChI is InChI=1S/C18H32N2O/c1-17(2,15-6-5-11-19-14-15)16(21)20-12-9-18(10-13-20)7-3-4-8-18/h15,19H,3-14H2,1-2H3. The van der Waals surface area contributed by atoms with Crippen LogP contribution in [0.5, 0.6) is 0 Å². The Bertz CT molecular complexity index is 369. The molecule has 21 heavy (non-hydrogen) atoms. The maximum absolute atomic E-state index is 13.0. The molecule has 120 valence electrons. The fourth-order valence-electron chi connectivity index (χ4n) is 4.86. The van der Waals surface area contributed by atoms with E-state index in [1.165, 1.54) is 51.4 Å². The van der Waals surface area contributed by atoms with Crippen LogP contribution >= 0.6 is 0 Å². The second-order valence-electron chi connectivity index (χ2n) is 8.26. The zero-order valence-electron chi connectivity index (χ0n) is 13.9. The molecule has 0 aromatic rings. The van der Waals surface area contributed by atoms with Crippen molar-refractivity contribution < 1.29 is 4.79 Å². The largest absolute Gasteiger partial charge is 0.342 e. The molecule has 3 heteroatoms. The molecule has 1 N–H and O–H groups in total. The summed E-state index contributed by atoms with van der Waals surface area (Å²) in [6.07, 6.45) is 10.5. The molecule has 2 saturated heterocycles. The first-order chi connectivity index (χ1) is 10.0. The molecule has 1 amide bonds. The highest BCUT2D eigenvalue weighted by atomic mass is 16.2. The molecule has 1 saturated carbocycles. The average Bonchev–Trinajstić information content (AvgIpc) is 2.96. The Balaban J connectivity index is 1.60. The molecule has 1 spiro atoms. The molecule has 0 radical (unpaired) electrons. The zero-order valence-corrected chi connectivity index (χ0v) is 13.9. The summed E-state index contributed by atoms with van der Waals surface area (Å²) in [5.41, 5.74) is 0.404. The van der Waals surface area contributed by atoms with E-state index in [1.807, 2.05) is 0 Å². The van der Waals surface area contributed by atoms with E-state index in [0.29, 0.717) is 17.2 Å². The third-order valence-electron chi connectivity index (χ3n) is 6.64. The Labute approximate surface area is 129 Å². The quantitative estimate of drug-likeness (QED) is 0.847. The van der Waals surface area contributed by atoms with Gasteiger partial charge in [-0.2, -0.15) is 0 Å². The predicted molar refractivity (Wildman–Crippen MR) is 86.1 cm³/mol.